The zero-order valence-corrected chi connectivity index (χ0v) is 12.8. The summed E-state index contributed by atoms with van der Waals surface area (Å²) in [6.07, 6.45) is 1.01. The van der Waals surface area contributed by atoms with E-state index in [0.29, 0.717) is 16.6 Å². The van der Waals surface area contributed by atoms with Crippen molar-refractivity contribution < 1.29 is 4.74 Å². The summed E-state index contributed by atoms with van der Waals surface area (Å²) >= 11 is 12.1. The molecule has 0 aliphatic heterocycles. The summed E-state index contributed by atoms with van der Waals surface area (Å²) in [4.78, 5) is 0. The first-order valence-electron chi connectivity index (χ1n) is 6.59. The Morgan fingerprint density at radius 1 is 1.05 bits per heavy atom. The van der Waals surface area contributed by atoms with Crippen molar-refractivity contribution >= 4 is 28.9 Å². The van der Waals surface area contributed by atoms with Crippen molar-refractivity contribution in [2.75, 3.05) is 11.9 Å². The van der Waals surface area contributed by atoms with Crippen LogP contribution in [-0.4, -0.2) is 6.61 Å². The third-order valence-electron chi connectivity index (χ3n) is 2.81. The monoisotopic (exact) mass is 309 g/mol. The summed E-state index contributed by atoms with van der Waals surface area (Å²) in [5.41, 5.74) is 2.00. The number of anilines is 1. The number of halogens is 2. The average Bonchev–Trinajstić information content (AvgIpc) is 2.47. The van der Waals surface area contributed by atoms with Crippen molar-refractivity contribution in [3.8, 4) is 5.75 Å². The van der Waals surface area contributed by atoms with Gasteiger partial charge < -0.3 is 10.1 Å². The molecule has 106 valence electrons. The smallest absolute Gasteiger partial charge is 0.119 e. The maximum absolute atomic E-state index is 6.10. The number of ether oxygens (including phenoxy) is 1. The van der Waals surface area contributed by atoms with Gasteiger partial charge in [0.2, 0.25) is 0 Å². The third-order valence-corrected chi connectivity index (χ3v) is 3.37. The molecular weight excluding hydrogens is 293 g/mol. The molecule has 0 saturated carbocycles. The average molecular weight is 310 g/mol. The molecule has 0 amide bonds. The zero-order valence-electron chi connectivity index (χ0n) is 11.3. The lowest BCUT2D eigenvalue weighted by Gasteiger charge is -2.10. The molecule has 20 heavy (non-hydrogen) atoms. The lowest BCUT2D eigenvalue weighted by molar-refractivity contribution is 0.317. The first-order chi connectivity index (χ1) is 9.69. The van der Waals surface area contributed by atoms with Crippen LogP contribution in [-0.2, 0) is 6.54 Å². The highest BCUT2D eigenvalue weighted by molar-refractivity contribution is 6.35. The van der Waals surface area contributed by atoms with Gasteiger partial charge in [0.25, 0.3) is 0 Å². The molecule has 0 heterocycles. The lowest BCUT2D eigenvalue weighted by Crippen LogP contribution is -2.00. The maximum Gasteiger partial charge on any atom is 0.119 e. The van der Waals surface area contributed by atoms with Crippen molar-refractivity contribution in [2.24, 2.45) is 0 Å². The number of benzene rings is 2. The molecule has 0 aromatic heterocycles. The van der Waals surface area contributed by atoms with Crippen LogP contribution in [0.3, 0.4) is 0 Å². The molecule has 1 N–H and O–H groups in total. The van der Waals surface area contributed by atoms with Gasteiger partial charge in [0.1, 0.15) is 5.75 Å². The molecule has 2 aromatic carbocycles. The minimum Gasteiger partial charge on any atom is -0.494 e. The number of hydrogen-bond donors (Lipinski definition) is 1. The first kappa shape index (κ1) is 15.0. The molecule has 0 aliphatic rings. The van der Waals surface area contributed by atoms with Crippen LogP contribution in [0.5, 0.6) is 5.75 Å². The van der Waals surface area contributed by atoms with Crippen molar-refractivity contribution in [3.05, 3.63) is 58.1 Å². The minimum atomic E-state index is 0.664. The van der Waals surface area contributed by atoms with E-state index in [1.54, 1.807) is 12.1 Å². The molecule has 0 bridgehead atoms. The van der Waals surface area contributed by atoms with E-state index in [9.17, 15) is 0 Å². The van der Waals surface area contributed by atoms with Gasteiger partial charge in [0.15, 0.2) is 0 Å². The Balaban J connectivity index is 1.95. The van der Waals surface area contributed by atoms with Gasteiger partial charge >= 0.3 is 0 Å². The van der Waals surface area contributed by atoms with E-state index < -0.39 is 0 Å². The van der Waals surface area contributed by atoms with Gasteiger partial charge in [-0.2, -0.15) is 0 Å². The van der Waals surface area contributed by atoms with Crippen molar-refractivity contribution in [2.45, 2.75) is 19.9 Å². The molecule has 0 unspecified atom stereocenters. The predicted molar refractivity (Wildman–Crippen MR) is 86.0 cm³/mol. The Morgan fingerprint density at radius 3 is 2.50 bits per heavy atom. The van der Waals surface area contributed by atoms with Gasteiger partial charge in [-0.25, -0.2) is 0 Å². The number of hydrogen-bond acceptors (Lipinski definition) is 2. The fourth-order valence-electron chi connectivity index (χ4n) is 1.75. The van der Waals surface area contributed by atoms with Crippen molar-refractivity contribution in [3.63, 3.8) is 0 Å². The quantitative estimate of drug-likeness (QED) is 0.772. The standard InChI is InChI=1S/C16H17Cl2NO/c1-2-9-20-14-6-3-12(4-7-14)11-19-16-10-13(17)5-8-15(16)18/h3-8,10,19H,2,9,11H2,1H3. The SMILES string of the molecule is CCCOc1ccc(CNc2cc(Cl)ccc2Cl)cc1. The van der Waals surface area contributed by atoms with Crippen molar-refractivity contribution in [1.29, 1.82) is 0 Å². The van der Waals surface area contributed by atoms with E-state index >= 15 is 0 Å². The fourth-order valence-corrected chi connectivity index (χ4v) is 2.11. The van der Waals surface area contributed by atoms with Gasteiger partial charge in [-0.15, -0.1) is 0 Å². The van der Waals surface area contributed by atoms with Crippen LogP contribution in [0.15, 0.2) is 42.5 Å². The first-order valence-corrected chi connectivity index (χ1v) is 7.35. The summed E-state index contributed by atoms with van der Waals surface area (Å²) in [6, 6.07) is 13.4. The van der Waals surface area contributed by atoms with Crippen LogP contribution in [0.1, 0.15) is 18.9 Å². The lowest BCUT2D eigenvalue weighted by atomic mass is 10.2. The summed E-state index contributed by atoms with van der Waals surface area (Å²) < 4.78 is 5.55. The molecule has 0 saturated heterocycles. The Labute approximate surface area is 129 Å². The summed E-state index contributed by atoms with van der Waals surface area (Å²) in [6.45, 7) is 3.52. The van der Waals surface area contributed by atoms with E-state index in [1.165, 1.54) is 0 Å². The Kier molecular flexibility index (Phi) is 5.57. The molecule has 0 radical (unpaired) electrons. The Morgan fingerprint density at radius 2 is 1.80 bits per heavy atom. The highest BCUT2D eigenvalue weighted by Crippen LogP contribution is 2.26. The van der Waals surface area contributed by atoms with Crippen LogP contribution in [0.2, 0.25) is 10.0 Å². The van der Waals surface area contributed by atoms with E-state index in [0.717, 1.165) is 30.0 Å². The van der Waals surface area contributed by atoms with E-state index in [4.69, 9.17) is 27.9 Å². The molecule has 0 spiro atoms. The van der Waals surface area contributed by atoms with Gasteiger partial charge in [-0.1, -0.05) is 42.3 Å². The van der Waals surface area contributed by atoms with Gasteiger partial charge in [0.05, 0.1) is 17.3 Å². The largest absolute Gasteiger partial charge is 0.494 e. The Hall–Kier alpha value is -1.38. The fraction of sp³-hybridized carbons (Fsp3) is 0.250. The molecule has 0 fully saturated rings. The minimum absolute atomic E-state index is 0.664. The summed E-state index contributed by atoms with van der Waals surface area (Å²) in [5.74, 6) is 0.899. The normalized spacial score (nSPS) is 10.3. The molecule has 4 heteroatoms. The topological polar surface area (TPSA) is 21.3 Å². The zero-order chi connectivity index (χ0) is 14.4. The van der Waals surface area contributed by atoms with Crippen LogP contribution in [0.4, 0.5) is 5.69 Å². The second-order valence-electron chi connectivity index (χ2n) is 4.47. The summed E-state index contributed by atoms with van der Waals surface area (Å²) in [7, 11) is 0. The van der Waals surface area contributed by atoms with E-state index in [2.05, 4.69) is 12.2 Å². The van der Waals surface area contributed by atoms with Crippen LogP contribution >= 0.6 is 23.2 Å². The molecule has 2 nitrogen and oxygen atoms in total. The van der Waals surface area contributed by atoms with Crippen LogP contribution in [0.25, 0.3) is 0 Å². The predicted octanol–water partition coefficient (Wildman–Crippen LogP) is 5.39. The molecule has 2 aromatic rings. The summed E-state index contributed by atoms with van der Waals surface area (Å²) in [5, 5.41) is 4.61. The Bertz CT molecular complexity index is 555. The molecule has 2 rings (SSSR count). The maximum atomic E-state index is 6.10. The number of rotatable bonds is 6. The second kappa shape index (κ2) is 7.41. The van der Waals surface area contributed by atoms with Crippen molar-refractivity contribution in [1.82, 2.24) is 0 Å². The van der Waals surface area contributed by atoms with E-state index in [1.807, 2.05) is 30.3 Å². The highest BCUT2D eigenvalue weighted by Gasteiger charge is 2.01. The number of nitrogens with one attached hydrogen (secondary N) is 1. The molecule has 0 aliphatic carbocycles. The van der Waals surface area contributed by atoms with Crippen LogP contribution in [0, 0.1) is 0 Å². The van der Waals surface area contributed by atoms with E-state index in [-0.39, 0.29) is 0 Å². The van der Waals surface area contributed by atoms with Gasteiger partial charge in [-0.3, -0.25) is 0 Å². The van der Waals surface area contributed by atoms with Crippen LogP contribution < -0.4 is 10.1 Å². The van der Waals surface area contributed by atoms with Gasteiger partial charge in [-0.05, 0) is 42.3 Å². The third kappa shape index (κ3) is 4.32. The molecular formula is C16H17Cl2NO. The van der Waals surface area contributed by atoms with Gasteiger partial charge in [0, 0.05) is 11.6 Å². The highest BCUT2D eigenvalue weighted by atomic mass is 35.5. The second-order valence-corrected chi connectivity index (χ2v) is 5.31. The molecule has 0 atom stereocenters.